The summed E-state index contributed by atoms with van der Waals surface area (Å²) in [5, 5.41) is 7.13. The molecule has 0 aliphatic carbocycles. The highest BCUT2D eigenvalue weighted by Gasteiger charge is 2.34. The molecule has 178 valence electrons. The summed E-state index contributed by atoms with van der Waals surface area (Å²) in [4.78, 5) is 20.8. The van der Waals surface area contributed by atoms with Gasteiger partial charge in [-0.3, -0.25) is 9.79 Å². The largest absolute Gasteiger partial charge is 0.490 e. The van der Waals surface area contributed by atoms with E-state index in [4.69, 9.17) is 26.1 Å². The summed E-state index contributed by atoms with van der Waals surface area (Å²) in [6.07, 6.45) is 3.45. The molecule has 2 N–H and O–H groups in total. The van der Waals surface area contributed by atoms with Gasteiger partial charge in [0.05, 0.1) is 18.4 Å². The van der Waals surface area contributed by atoms with Crippen LogP contribution in [-0.2, 0) is 11.2 Å². The van der Waals surface area contributed by atoms with Crippen LogP contribution in [0.3, 0.4) is 0 Å². The van der Waals surface area contributed by atoms with Gasteiger partial charge >= 0.3 is 0 Å². The second-order valence-electron chi connectivity index (χ2n) is 9.13. The second-order valence-corrected chi connectivity index (χ2v) is 9.53. The molecule has 3 aromatic rings. The first-order chi connectivity index (χ1) is 17.0. The van der Waals surface area contributed by atoms with Crippen molar-refractivity contribution in [2.75, 3.05) is 11.9 Å². The number of halogens is 1. The quantitative estimate of drug-likeness (QED) is 0.501. The normalized spacial score (nSPS) is 22.4. The lowest BCUT2D eigenvalue weighted by molar-refractivity contribution is -0.116. The summed E-state index contributed by atoms with van der Waals surface area (Å²) in [6.45, 7) is 2.76. The van der Waals surface area contributed by atoms with E-state index >= 15 is 0 Å². The number of fused-ring (bicyclic) bond motifs is 2. The third-order valence-corrected chi connectivity index (χ3v) is 7.20. The van der Waals surface area contributed by atoms with Crippen molar-refractivity contribution in [3.63, 3.8) is 0 Å². The number of carbonyl (C=O) groups is 1. The van der Waals surface area contributed by atoms with Gasteiger partial charge in [-0.1, -0.05) is 29.8 Å². The van der Waals surface area contributed by atoms with Gasteiger partial charge < -0.3 is 20.1 Å². The third-order valence-electron chi connectivity index (χ3n) is 6.86. The molecular formula is C27H25ClN4O3. The van der Waals surface area contributed by atoms with Gasteiger partial charge in [-0.15, -0.1) is 0 Å². The number of carbonyl (C=O) groups excluding carboxylic acids is 1. The van der Waals surface area contributed by atoms with Crippen molar-refractivity contribution >= 4 is 29.2 Å². The number of nitrogens with one attached hydrogen (secondary N) is 2. The minimum atomic E-state index is -0.0196. The van der Waals surface area contributed by atoms with Crippen LogP contribution in [0.25, 0.3) is 0 Å². The van der Waals surface area contributed by atoms with Crippen molar-refractivity contribution in [2.45, 2.75) is 44.2 Å². The lowest BCUT2D eigenvalue weighted by Crippen LogP contribution is -2.27. The minimum absolute atomic E-state index is 0.0196. The maximum atomic E-state index is 11.7. The highest BCUT2D eigenvalue weighted by Crippen LogP contribution is 2.44. The second kappa shape index (κ2) is 8.89. The zero-order valence-electron chi connectivity index (χ0n) is 19.3. The number of aliphatic imine (C=N–C) groups is 1. The van der Waals surface area contributed by atoms with Gasteiger partial charge in [0, 0.05) is 41.1 Å². The van der Waals surface area contributed by atoms with Crippen LogP contribution >= 0.6 is 11.6 Å². The minimum Gasteiger partial charge on any atom is -0.490 e. The Bertz CT molecular complexity index is 1340. The van der Waals surface area contributed by atoms with E-state index in [0.29, 0.717) is 31.0 Å². The molecule has 0 radical (unpaired) electrons. The number of amides is 1. The topological polar surface area (TPSA) is 84.8 Å². The van der Waals surface area contributed by atoms with Crippen molar-refractivity contribution in [1.29, 1.82) is 0 Å². The van der Waals surface area contributed by atoms with E-state index in [9.17, 15) is 4.79 Å². The standard InChI is InChI=1S/C27H25ClN4O3/c1-15-19(13-25-30-14-22(31-25)17-4-2-3-5-21(17)28)20-12-16(6-8-23(20)34-15)35-24-10-11-29-27-18(24)7-9-26(33)32-27/h2-6,8,10-12,15,19,22H,7,9,13-14H2,1H3,(H,30,31)(H,29,32,33). The lowest BCUT2D eigenvalue weighted by atomic mass is 9.92. The molecule has 0 saturated carbocycles. The predicted octanol–water partition coefficient (Wildman–Crippen LogP) is 5.41. The Kier molecular flexibility index (Phi) is 5.57. The molecule has 0 spiro atoms. The van der Waals surface area contributed by atoms with Crippen molar-refractivity contribution in [3.8, 4) is 17.2 Å². The van der Waals surface area contributed by atoms with Gasteiger partial charge in [0.1, 0.15) is 29.2 Å². The predicted molar refractivity (Wildman–Crippen MR) is 135 cm³/mol. The Balaban J connectivity index is 1.20. The molecule has 6 rings (SSSR count). The highest BCUT2D eigenvalue weighted by atomic mass is 35.5. The summed E-state index contributed by atoms with van der Waals surface area (Å²) >= 11 is 6.40. The summed E-state index contributed by atoms with van der Waals surface area (Å²) in [5.74, 6) is 3.99. The molecule has 3 unspecified atom stereocenters. The number of ether oxygens (including phenoxy) is 2. The molecule has 3 aliphatic rings. The first-order valence-corrected chi connectivity index (χ1v) is 12.2. The molecule has 0 bridgehead atoms. The molecule has 3 atom stereocenters. The number of pyridine rings is 1. The maximum absolute atomic E-state index is 11.7. The molecule has 7 nitrogen and oxygen atoms in total. The van der Waals surface area contributed by atoms with Crippen LogP contribution in [-0.4, -0.2) is 29.4 Å². The van der Waals surface area contributed by atoms with E-state index in [0.717, 1.165) is 45.5 Å². The summed E-state index contributed by atoms with van der Waals surface area (Å²) in [5.41, 5.74) is 3.09. The number of hydrogen-bond acceptors (Lipinski definition) is 6. The van der Waals surface area contributed by atoms with Crippen molar-refractivity contribution < 1.29 is 14.3 Å². The van der Waals surface area contributed by atoms with E-state index < -0.39 is 0 Å². The fourth-order valence-corrected chi connectivity index (χ4v) is 5.30. The van der Waals surface area contributed by atoms with E-state index in [1.807, 2.05) is 42.5 Å². The van der Waals surface area contributed by atoms with Gasteiger partial charge in [0.15, 0.2) is 0 Å². The Hall–Kier alpha value is -3.58. The monoisotopic (exact) mass is 488 g/mol. The van der Waals surface area contributed by atoms with Crippen LogP contribution in [0.4, 0.5) is 5.82 Å². The average molecular weight is 489 g/mol. The van der Waals surface area contributed by atoms with Gasteiger partial charge in [-0.2, -0.15) is 0 Å². The van der Waals surface area contributed by atoms with Gasteiger partial charge in [-0.05, 0) is 49.2 Å². The van der Waals surface area contributed by atoms with Crippen molar-refractivity contribution in [2.24, 2.45) is 4.99 Å². The Morgan fingerprint density at radius 1 is 1.14 bits per heavy atom. The zero-order chi connectivity index (χ0) is 23.9. The number of benzene rings is 2. The fourth-order valence-electron chi connectivity index (χ4n) is 5.04. The van der Waals surface area contributed by atoms with E-state index in [-0.39, 0.29) is 24.0 Å². The van der Waals surface area contributed by atoms with Gasteiger partial charge in [-0.25, -0.2) is 4.98 Å². The van der Waals surface area contributed by atoms with Crippen LogP contribution in [0, 0.1) is 0 Å². The van der Waals surface area contributed by atoms with Crippen LogP contribution in [0.5, 0.6) is 17.2 Å². The van der Waals surface area contributed by atoms with Crippen LogP contribution in [0.2, 0.25) is 5.02 Å². The smallest absolute Gasteiger partial charge is 0.225 e. The summed E-state index contributed by atoms with van der Waals surface area (Å²) in [6, 6.07) is 15.8. The maximum Gasteiger partial charge on any atom is 0.225 e. The molecule has 1 amide bonds. The average Bonchev–Trinajstić information content (AvgIpc) is 3.44. The summed E-state index contributed by atoms with van der Waals surface area (Å²) < 4.78 is 12.4. The zero-order valence-corrected chi connectivity index (χ0v) is 20.0. The Labute approximate surface area is 208 Å². The molecule has 4 heterocycles. The molecule has 8 heteroatoms. The molecule has 0 saturated heterocycles. The van der Waals surface area contributed by atoms with E-state index in [2.05, 4.69) is 28.6 Å². The number of hydrogen-bond donors (Lipinski definition) is 2. The third kappa shape index (κ3) is 4.21. The van der Waals surface area contributed by atoms with Gasteiger partial charge in [0.2, 0.25) is 5.91 Å². The molecule has 1 aromatic heterocycles. The molecule has 0 fully saturated rings. The first-order valence-electron chi connectivity index (χ1n) is 11.9. The fraction of sp³-hybridized carbons (Fsp3) is 0.296. The number of rotatable bonds is 5. The Morgan fingerprint density at radius 2 is 2.03 bits per heavy atom. The molecule has 35 heavy (non-hydrogen) atoms. The van der Waals surface area contributed by atoms with Gasteiger partial charge in [0.25, 0.3) is 0 Å². The molecular weight excluding hydrogens is 464 g/mol. The molecule has 3 aliphatic heterocycles. The number of aromatic nitrogens is 1. The van der Waals surface area contributed by atoms with Crippen LogP contribution in [0.15, 0.2) is 59.7 Å². The summed E-state index contributed by atoms with van der Waals surface area (Å²) in [7, 11) is 0. The number of amidine groups is 1. The molecule has 2 aromatic carbocycles. The number of nitrogens with zero attached hydrogens (tertiary/aromatic N) is 2. The van der Waals surface area contributed by atoms with Crippen molar-refractivity contribution in [1.82, 2.24) is 10.3 Å². The van der Waals surface area contributed by atoms with Crippen molar-refractivity contribution in [3.05, 3.63) is 76.4 Å². The first kappa shape index (κ1) is 21.9. The Morgan fingerprint density at radius 3 is 2.91 bits per heavy atom. The van der Waals surface area contributed by atoms with E-state index in [1.54, 1.807) is 6.20 Å². The van der Waals surface area contributed by atoms with Crippen LogP contribution in [0.1, 0.15) is 48.4 Å². The highest BCUT2D eigenvalue weighted by molar-refractivity contribution is 6.31. The van der Waals surface area contributed by atoms with E-state index in [1.165, 1.54) is 0 Å². The lowest BCUT2D eigenvalue weighted by Gasteiger charge is -2.19. The van der Waals surface area contributed by atoms with Crippen LogP contribution < -0.4 is 20.1 Å². The number of anilines is 1. The SMILES string of the molecule is CC1Oc2ccc(Oc3ccnc4c3CCC(=O)N4)cc2C1CC1=NCC(c2ccccc2Cl)N1.